The van der Waals surface area contributed by atoms with Crippen LogP contribution < -0.4 is 5.73 Å². The fourth-order valence-electron chi connectivity index (χ4n) is 2.27. The molecule has 0 bridgehead atoms. The van der Waals surface area contributed by atoms with Crippen LogP contribution in [0.3, 0.4) is 0 Å². The maximum Gasteiger partial charge on any atom is 0.150 e. The molecule has 0 amide bonds. The van der Waals surface area contributed by atoms with Crippen molar-refractivity contribution in [1.29, 1.82) is 0 Å². The smallest absolute Gasteiger partial charge is 0.150 e. The molecule has 18 heavy (non-hydrogen) atoms. The molecule has 1 atom stereocenters. The standard InChI is InChI=1S/C14H13ClN2O/c1-8(16)13-10-7-9(15)4-5-11(10)17-14(13)12-3-2-6-18-12/h2-8,17H,16H2,1H3. The van der Waals surface area contributed by atoms with Crippen LogP contribution in [0.25, 0.3) is 22.4 Å². The van der Waals surface area contributed by atoms with Crippen LogP contribution in [-0.4, -0.2) is 4.98 Å². The van der Waals surface area contributed by atoms with Crippen LogP contribution in [-0.2, 0) is 0 Å². The van der Waals surface area contributed by atoms with Gasteiger partial charge < -0.3 is 15.1 Å². The van der Waals surface area contributed by atoms with Crippen LogP contribution >= 0.6 is 11.6 Å². The monoisotopic (exact) mass is 260 g/mol. The number of halogens is 1. The summed E-state index contributed by atoms with van der Waals surface area (Å²) >= 11 is 6.05. The Morgan fingerprint density at radius 3 is 2.83 bits per heavy atom. The number of hydrogen-bond donors (Lipinski definition) is 2. The Bertz CT molecular complexity index is 683. The Labute approximate surface area is 110 Å². The minimum Gasteiger partial charge on any atom is -0.463 e. The van der Waals surface area contributed by atoms with Gasteiger partial charge in [0.15, 0.2) is 0 Å². The summed E-state index contributed by atoms with van der Waals surface area (Å²) < 4.78 is 5.45. The van der Waals surface area contributed by atoms with Crippen LogP contribution in [0.2, 0.25) is 5.02 Å². The second-order valence-corrected chi connectivity index (χ2v) is 4.81. The van der Waals surface area contributed by atoms with Gasteiger partial charge in [-0.05, 0) is 37.3 Å². The Kier molecular flexibility index (Phi) is 2.65. The number of fused-ring (bicyclic) bond motifs is 1. The number of H-pyrrole nitrogens is 1. The largest absolute Gasteiger partial charge is 0.463 e. The van der Waals surface area contributed by atoms with Crippen molar-refractivity contribution in [3.05, 3.63) is 47.2 Å². The molecule has 0 saturated heterocycles. The lowest BCUT2D eigenvalue weighted by Crippen LogP contribution is -2.05. The van der Waals surface area contributed by atoms with Gasteiger partial charge in [0, 0.05) is 27.5 Å². The van der Waals surface area contributed by atoms with Crippen molar-refractivity contribution in [3.63, 3.8) is 0 Å². The van der Waals surface area contributed by atoms with Gasteiger partial charge in [0.05, 0.1) is 12.0 Å². The predicted octanol–water partition coefficient (Wildman–Crippen LogP) is 4.10. The van der Waals surface area contributed by atoms with Gasteiger partial charge in [-0.1, -0.05) is 11.6 Å². The average molecular weight is 261 g/mol. The molecule has 0 spiro atoms. The Morgan fingerprint density at radius 1 is 1.33 bits per heavy atom. The molecule has 0 aliphatic rings. The van der Waals surface area contributed by atoms with Gasteiger partial charge in [-0.25, -0.2) is 0 Å². The molecule has 3 rings (SSSR count). The zero-order chi connectivity index (χ0) is 12.7. The number of rotatable bonds is 2. The fourth-order valence-corrected chi connectivity index (χ4v) is 2.45. The highest BCUT2D eigenvalue weighted by atomic mass is 35.5. The maximum absolute atomic E-state index is 6.08. The molecule has 2 heterocycles. The molecular formula is C14H13ClN2O. The Balaban J connectivity index is 2.35. The Morgan fingerprint density at radius 2 is 2.17 bits per heavy atom. The maximum atomic E-state index is 6.08. The highest BCUT2D eigenvalue weighted by Crippen LogP contribution is 2.35. The third-order valence-electron chi connectivity index (χ3n) is 3.02. The summed E-state index contributed by atoms with van der Waals surface area (Å²) in [7, 11) is 0. The van der Waals surface area contributed by atoms with E-state index in [1.54, 1.807) is 6.26 Å². The molecule has 3 nitrogen and oxygen atoms in total. The van der Waals surface area contributed by atoms with E-state index in [-0.39, 0.29) is 6.04 Å². The van der Waals surface area contributed by atoms with Crippen molar-refractivity contribution in [1.82, 2.24) is 4.98 Å². The van der Waals surface area contributed by atoms with E-state index < -0.39 is 0 Å². The van der Waals surface area contributed by atoms with Crippen molar-refractivity contribution in [2.75, 3.05) is 0 Å². The lowest BCUT2D eigenvalue weighted by molar-refractivity contribution is 0.579. The van der Waals surface area contributed by atoms with Gasteiger partial charge in [-0.2, -0.15) is 0 Å². The van der Waals surface area contributed by atoms with Crippen LogP contribution in [0, 0.1) is 0 Å². The summed E-state index contributed by atoms with van der Waals surface area (Å²) in [5.74, 6) is 0.787. The second kappa shape index (κ2) is 4.19. The van der Waals surface area contributed by atoms with Gasteiger partial charge in [0.1, 0.15) is 5.76 Å². The molecule has 1 aromatic carbocycles. The lowest BCUT2D eigenvalue weighted by Gasteiger charge is -2.06. The number of benzene rings is 1. The van der Waals surface area contributed by atoms with Crippen molar-refractivity contribution in [2.24, 2.45) is 5.73 Å². The highest BCUT2D eigenvalue weighted by molar-refractivity contribution is 6.31. The van der Waals surface area contributed by atoms with Gasteiger partial charge in [0.25, 0.3) is 0 Å². The first-order chi connectivity index (χ1) is 8.66. The molecule has 2 aromatic heterocycles. The molecule has 0 radical (unpaired) electrons. The van der Waals surface area contributed by atoms with Crippen molar-refractivity contribution in [2.45, 2.75) is 13.0 Å². The normalized spacial score (nSPS) is 13.1. The minimum absolute atomic E-state index is 0.0997. The molecule has 0 saturated carbocycles. The predicted molar refractivity (Wildman–Crippen MR) is 73.6 cm³/mol. The van der Waals surface area contributed by atoms with E-state index in [0.29, 0.717) is 5.02 Å². The molecule has 3 N–H and O–H groups in total. The van der Waals surface area contributed by atoms with Crippen LogP contribution in [0.4, 0.5) is 0 Å². The first-order valence-electron chi connectivity index (χ1n) is 5.77. The van der Waals surface area contributed by atoms with Crippen LogP contribution in [0.5, 0.6) is 0 Å². The first-order valence-corrected chi connectivity index (χ1v) is 6.15. The SMILES string of the molecule is CC(N)c1c(-c2ccco2)[nH]c2ccc(Cl)cc12. The fraction of sp³-hybridized carbons (Fsp3) is 0.143. The number of furan rings is 1. The van der Waals surface area contributed by atoms with E-state index in [9.17, 15) is 0 Å². The van der Waals surface area contributed by atoms with Crippen LogP contribution in [0.1, 0.15) is 18.5 Å². The summed E-state index contributed by atoms with van der Waals surface area (Å²) in [6, 6.07) is 9.42. The zero-order valence-electron chi connectivity index (χ0n) is 9.91. The van der Waals surface area contributed by atoms with Gasteiger partial charge in [-0.15, -0.1) is 0 Å². The van der Waals surface area contributed by atoms with E-state index in [2.05, 4.69) is 4.98 Å². The number of nitrogens with one attached hydrogen (secondary N) is 1. The summed E-state index contributed by atoms with van der Waals surface area (Å²) in [4.78, 5) is 3.34. The third kappa shape index (κ3) is 1.72. The van der Waals surface area contributed by atoms with Gasteiger partial charge in [0.2, 0.25) is 0 Å². The molecule has 3 aromatic rings. The first kappa shape index (κ1) is 11.4. The van der Waals surface area contributed by atoms with E-state index in [0.717, 1.165) is 27.9 Å². The summed E-state index contributed by atoms with van der Waals surface area (Å²) in [5, 5.41) is 1.75. The number of aromatic nitrogens is 1. The Hall–Kier alpha value is -1.71. The van der Waals surface area contributed by atoms with Gasteiger partial charge >= 0.3 is 0 Å². The minimum atomic E-state index is -0.0997. The third-order valence-corrected chi connectivity index (χ3v) is 3.26. The number of hydrogen-bond acceptors (Lipinski definition) is 2. The summed E-state index contributed by atoms with van der Waals surface area (Å²) in [5.41, 5.74) is 9.04. The summed E-state index contributed by atoms with van der Waals surface area (Å²) in [6.07, 6.45) is 1.65. The molecule has 1 unspecified atom stereocenters. The molecule has 4 heteroatoms. The van der Waals surface area contributed by atoms with Crippen molar-refractivity contribution < 1.29 is 4.42 Å². The van der Waals surface area contributed by atoms with E-state index in [1.807, 2.05) is 37.3 Å². The average Bonchev–Trinajstić information content (AvgIpc) is 2.94. The molecule has 0 aliphatic carbocycles. The number of nitrogens with two attached hydrogens (primary N) is 1. The van der Waals surface area contributed by atoms with E-state index in [4.69, 9.17) is 21.8 Å². The second-order valence-electron chi connectivity index (χ2n) is 4.37. The van der Waals surface area contributed by atoms with Crippen molar-refractivity contribution >= 4 is 22.5 Å². The summed E-state index contributed by atoms with van der Waals surface area (Å²) in [6.45, 7) is 1.95. The zero-order valence-corrected chi connectivity index (χ0v) is 10.7. The molecule has 92 valence electrons. The topological polar surface area (TPSA) is 54.9 Å². The van der Waals surface area contributed by atoms with Gasteiger partial charge in [-0.3, -0.25) is 0 Å². The molecular weight excluding hydrogens is 248 g/mol. The lowest BCUT2D eigenvalue weighted by atomic mass is 10.0. The van der Waals surface area contributed by atoms with E-state index in [1.165, 1.54) is 0 Å². The highest BCUT2D eigenvalue weighted by Gasteiger charge is 2.17. The van der Waals surface area contributed by atoms with E-state index >= 15 is 0 Å². The van der Waals surface area contributed by atoms with Crippen LogP contribution in [0.15, 0.2) is 41.0 Å². The quantitative estimate of drug-likeness (QED) is 0.729. The molecule has 0 fully saturated rings. The van der Waals surface area contributed by atoms with Crippen molar-refractivity contribution in [3.8, 4) is 11.5 Å². The number of aromatic amines is 1. The molecule has 0 aliphatic heterocycles.